The molecule has 3 rings (SSSR count). The molecule has 1 aliphatic heterocycles. The van der Waals surface area contributed by atoms with Gasteiger partial charge in [0.1, 0.15) is 18.5 Å². The molecule has 28 heavy (non-hydrogen) atoms. The molecule has 0 aliphatic carbocycles. The van der Waals surface area contributed by atoms with Crippen LogP contribution < -0.4 is 4.74 Å². The number of nitrogens with zero attached hydrogens (tertiary/aromatic N) is 1. The molecule has 2 atom stereocenters. The monoisotopic (exact) mass is 391 g/mol. The highest BCUT2D eigenvalue weighted by Gasteiger charge is 2.24. The summed E-state index contributed by atoms with van der Waals surface area (Å²) in [5.74, 6) is -0.621. The van der Waals surface area contributed by atoms with Crippen LogP contribution in [-0.4, -0.2) is 49.0 Å². The third-order valence-corrected chi connectivity index (χ3v) is 4.91. The summed E-state index contributed by atoms with van der Waals surface area (Å²) in [7, 11) is 0. The average Bonchev–Trinajstić information content (AvgIpc) is 2.69. The number of β-amino-alcohol motifs (C(OH)–C–C–N with tert-alkyl or cyclic N) is 1. The van der Waals surface area contributed by atoms with Gasteiger partial charge in [0.2, 0.25) is 0 Å². The molecule has 0 aromatic heterocycles. The van der Waals surface area contributed by atoms with Crippen molar-refractivity contribution in [2.75, 3.05) is 32.8 Å². The van der Waals surface area contributed by atoms with Gasteiger partial charge in [-0.1, -0.05) is 38.1 Å². The molecule has 2 aromatic rings. The average molecular weight is 391 g/mol. The van der Waals surface area contributed by atoms with E-state index >= 15 is 0 Å². The Kier molecular flexibility index (Phi) is 6.99. The Morgan fingerprint density at radius 3 is 2.71 bits per heavy atom. The first-order valence-corrected chi connectivity index (χ1v) is 9.62. The van der Waals surface area contributed by atoms with Gasteiger partial charge in [-0.3, -0.25) is 4.90 Å². The first-order valence-electron chi connectivity index (χ1n) is 9.62. The van der Waals surface area contributed by atoms with Gasteiger partial charge in [0, 0.05) is 19.6 Å². The van der Waals surface area contributed by atoms with Crippen molar-refractivity contribution in [3.63, 3.8) is 0 Å². The SMILES string of the molecule is CC(C)c1ccccc1OCC(O)CN1CCOC(c2ccc(F)c(F)c2)C1. The Hall–Kier alpha value is -2.02. The lowest BCUT2D eigenvalue weighted by Crippen LogP contribution is -2.43. The van der Waals surface area contributed by atoms with Crippen LogP contribution in [-0.2, 0) is 4.74 Å². The first kappa shape index (κ1) is 20.7. The number of rotatable bonds is 7. The van der Waals surface area contributed by atoms with Gasteiger partial charge in [0.15, 0.2) is 11.6 Å². The molecule has 6 heteroatoms. The molecule has 4 nitrogen and oxygen atoms in total. The predicted molar refractivity (Wildman–Crippen MR) is 104 cm³/mol. The maximum Gasteiger partial charge on any atom is 0.159 e. The minimum atomic E-state index is -0.879. The number of hydrogen-bond donors (Lipinski definition) is 1. The summed E-state index contributed by atoms with van der Waals surface area (Å²) in [6.45, 7) is 6.46. The van der Waals surface area contributed by atoms with E-state index in [9.17, 15) is 13.9 Å². The van der Waals surface area contributed by atoms with Crippen molar-refractivity contribution in [3.8, 4) is 5.75 Å². The lowest BCUT2D eigenvalue weighted by molar-refractivity contribution is -0.0461. The number of aliphatic hydroxyl groups is 1. The fraction of sp³-hybridized carbons (Fsp3) is 0.455. The summed E-state index contributed by atoms with van der Waals surface area (Å²) in [4.78, 5) is 2.05. The lowest BCUT2D eigenvalue weighted by atomic mass is 10.0. The van der Waals surface area contributed by atoms with Crippen molar-refractivity contribution in [2.45, 2.75) is 32.0 Å². The summed E-state index contributed by atoms with van der Waals surface area (Å²) in [6.07, 6.45) is -1.01. The van der Waals surface area contributed by atoms with Crippen LogP contribution in [0.25, 0.3) is 0 Å². The van der Waals surface area contributed by atoms with Crippen LogP contribution in [0.3, 0.4) is 0 Å². The van der Waals surface area contributed by atoms with Crippen molar-refractivity contribution in [1.82, 2.24) is 4.90 Å². The summed E-state index contributed by atoms with van der Waals surface area (Å²) >= 11 is 0. The number of aliphatic hydroxyl groups excluding tert-OH is 1. The Bertz CT molecular complexity index is 784. The Labute approximate surface area is 164 Å². The molecule has 1 fully saturated rings. The summed E-state index contributed by atoms with van der Waals surface area (Å²) < 4.78 is 38.2. The highest BCUT2D eigenvalue weighted by molar-refractivity contribution is 5.35. The van der Waals surface area contributed by atoms with Crippen molar-refractivity contribution in [1.29, 1.82) is 0 Å². The Balaban J connectivity index is 1.54. The van der Waals surface area contributed by atoms with E-state index in [0.29, 0.717) is 37.7 Å². The Morgan fingerprint density at radius 2 is 1.96 bits per heavy atom. The van der Waals surface area contributed by atoms with E-state index in [1.54, 1.807) is 0 Å². The minimum absolute atomic E-state index is 0.191. The van der Waals surface area contributed by atoms with Crippen LogP contribution >= 0.6 is 0 Å². The topological polar surface area (TPSA) is 41.9 Å². The van der Waals surface area contributed by atoms with Gasteiger partial charge in [-0.25, -0.2) is 8.78 Å². The third-order valence-electron chi connectivity index (χ3n) is 4.91. The highest BCUT2D eigenvalue weighted by Crippen LogP contribution is 2.26. The second kappa shape index (κ2) is 9.45. The third kappa shape index (κ3) is 5.28. The van der Waals surface area contributed by atoms with Gasteiger partial charge in [0.25, 0.3) is 0 Å². The molecule has 0 saturated carbocycles. The molecule has 1 saturated heterocycles. The number of para-hydroxylation sites is 1. The van der Waals surface area contributed by atoms with Gasteiger partial charge in [-0.15, -0.1) is 0 Å². The van der Waals surface area contributed by atoms with E-state index in [4.69, 9.17) is 9.47 Å². The minimum Gasteiger partial charge on any atom is -0.491 e. The van der Waals surface area contributed by atoms with Crippen molar-refractivity contribution in [3.05, 3.63) is 65.2 Å². The van der Waals surface area contributed by atoms with Gasteiger partial charge in [0.05, 0.1) is 12.7 Å². The second-order valence-corrected chi connectivity index (χ2v) is 7.45. The molecule has 1 aliphatic rings. The molecule has 0 spiro atoms. The van der Waals surface area contributed by atoms with E-state index in [0.717, 1.165) is 17.4 Å². The second-order valence-electron chi connectivity index (χ2n) is 7.45. The van der Waals surface area contributed by atoms with Crippen LogP contribution in [0.4, 0.5) is 8.78 Å². The van der Waals surface area contributed by atoms with E-state index in [1.807, 2.05) is 24.3 Å². The maximum absolute atomic E-state index is 13.5. The summed E-state index contributed by atoms with van der Waals surface area (Å²) in [5.41, 5.74) is 1.71. The van der Waals surface area contributed by atoms with E-state index in [1.165, 1.54) is 12.1 Å². The number of benzene rings is 2. The largest absolute Gasteiger partial charge is 0.491 e. The molecular weight excluding hydrogens is 364 g/mol. The van der Waals surface area contributed by atoms with E-state index < -0.39 is 17.7 Å². The summed E-state index contributed by atoms with van der Waals surface area (Å²) in [6, 6.07) is 11.7. The van der Waals surface area contributed by atoms with Gasteiger partial charge >= 0.3 is 0 Å². The van der Waals surface area contributed by atoms with Crippen molar-refractivity contribution in [2.24, 2.45) is 0 Å². The quantitative estimate of drug-likeness (QED) is 0.777. The first-order chi connectivity index (χ1) is 13.4. The molecule has 0 amide bonds. The van der Waals surface area contributed by atoms with Crippen LogP contribution in [0.1, 0.15) is 37.0 Å². The zero-order valence-electron chi connectivity index (χ0n) is 16.3. The lowest BCUT2D eigenvalue weighted by Gasteiger charge is -2.34. The molecule has 0 radical (unpaired) electrons. The molecule has 152 valence electrons. The van der Waals surface area contributed by atoms with Gasteiger partial charge in [-0.05, 0) is 35.2 Å². The summed E-state index contributed by atoms with van der Waals surface area (Å²) in [5, 5.41) is 10.4. The molecule has 1 heterocycles. The van der Waals surface area contributed by atoms with Crippen molar-refractivity contribution >= 4 is 0 Å². The van der Waals surface area contributed by atoms with Crippen LogP contribution in [0.5, 0.6) is 5.75 Å². The fourth-order valence-electron chi connectivity index (χ4n) is 3.41. The highest BCUT2D eigenvalue weighted by atomic mass is 19.2. The Morgan fingerprint density at radius 1 is 1.18 bits per heavy atom. The van der Waals surface area contributed by atoms with Crippen LogP contribution in [0, 0.1) is 11.6 Å². The van der Waals surface area contributed by atoms with Gasteiger partial charge < -0.3 is 14.6 Å². The van der Waals surface area contributed by atoms with E-state index in [-0.39, 0.29) is 12.7 Å². The molecule has 2 aromatic carbocycles. The van der Waals surface area contributed by atoms with Crippen LogP contribution in [0.15, 0.2) is 42.5 Å². The molecular formula is C22H27F2NO3. The normalized spacial score (nSPS) is 19.0. The number of halogens is 2. The molecule has 2 unspecified atom stereocenters. The number of ether oxygens (including phenoxy) is 2. The fourth-order valence-corrected chi connectivity index (χ4v) is 3.41. The standard InChI is InChI=1S/C22H27F2NO3/c1-15(2)18-5-3-4-6-21(18)28-14-17(26)12-25-9-10-27-22(13-25)16-7-8-19(23)20(24)11-16/h3-8,11,15,17,22,26H,9-10,12-14H2,1-2H3. The zero-order valence-corrected chi connectivity index (χ0v) is 16.3. The number of hydrogen-bond acceptors (Lipinski definition) is 4. The molecule has 1 N–H and O–H groups in total. The number of morpholine rings is 1. The van der Waals surface area contributed by atoms with Crippen molar-refractivity contribution < 1.29 is 23.4 Å². The van der Waals surface area contributed by atoms with E-state index in [2.05, 4.69) is 18.7 Å². The maximum atomic E-state index is 13.5. The zero-order chi connectivity index (χ0) is 20.1. The van der Waals surface area contributed by atoms with Gasteiger partial charge in [-0.2, -0.15) is 0 Å². The van der Waals surface area contributed by atoms with Crippen LogP contribution in [0.2, 0.25) is 0 Å². The smallest absolute Gasteiger partial charge is 0.159 e. The predicted octanol–water partition coefficient (Wildman–Crippen LogP) is 3.90. The molecule has 0 bridgehead atoms.